The minimum Gasteiger partial charge on any atom is -0.281 e. The summed E-state index contributed by atoms with van der Waals surface area (Å²) in [4.78, 5) is 0.178. The fraction of sp³-hybridized carbons (Fsp3) is 0.571. The van der Waals surface area contributed by atoms with Crippen LogP contribution in [0.25, 0.3) is 0 Å². The molecule has 0 amide bonds. The Balaban J connectivity index is 3.38. The summed E-state index contributed by atoms with van der Waals surface area (Å²) in [5, 5.41) is 6.43. The zero-order valence-electron chi connectivity index (χ0n) is 8.20. The molecule has 1 aromatic rings. The van der Waals surface area contributed by atoms with E-state index in [4.69, 9.17) is 11.6 Å². The molecule has 0 atom stereocenters. The van der Waals surface area contributed by atoms with Crippen LogP contribution in [0, 0.1) is 6.92 Å². The highest BCUT2D eigenvalue weighted by atomic mass is 35.5. The quantitative estimate of drug-likeness (QED) is 0.788. The number of sulfonamides is 1. The topological polar surface area (TPSA) is 66.1 Å². The smallest absolute Gasteiger partial charge is 0.246 e. The fourth-order valence-electron chi connectivity index (χ4n) is 1.08. The van der Waals surface area contributed by atoms with Crippen LogP contribution in [0.3, 0.4) is 0 Å². The van der Waals surface area contributed by atoms with Crippen LogP contribution in [0.1, 0.15) is 11.4 Å². The van der Waals surface area contributed by atoms with Crippen molar-refractivity contribution in [3.8, 4) is 0 Å². The number of aryl methyl sites for hydroxylation is 1. The summed E-state index contributed by atoms with van der Waals surface area (Å²) in [5.41, 5.74) is 0.868. The van der Waals surface area contributed by atoms with Gasteiger partial charge in [-0.15, -0.1) is 11.6 Å². The number of hydrogen-bond donors (Lipinski definition) is 1. The molecule has 5 nitrogen and oxygen atoms in total. The van der Waals surface area contributed by atoms with Crippen LogP contribution in [0.15, 0.2) is 4.90 Å². The van der Waals surface area contributed by atoms with Gasteiger partial charge in [0.15, 0.2) is 0 Å². The van der Waals surface area contributed by atoms with Crippen LogP contribution in [0.5, 0.6) is 0 Å². The molecule has 1 rings (SSSR count). The summed E-state index contributed by atoms with van der Waals surface area (Å²) < 4.78 is 24.7. The van der Waals surface area contributed by atoms with E-state index in [1.54, 1.807) is 6.92 Å². The maximum atomic E-state index is 11.8. The van der Waals surface area contributed by atoms with Crippen molar-refractivity contribution in [2.75, 3.05) is 14.1 Å². The number of hydrogen-bond acceptors (Lipinski definition) is 3. The molecule has 0 aromatic carbocycles. The van der Waals surface area contributed by atoms with Gasteiger partial charge in [-0.25, -0.2) is 12.7 Å². The molecule has 0 saturated heterocycles. The Bertz CT molecular complexity index is 424. The SMILES string of the molecule is Cc1[nH]nc(CCl)c1S(=O)(=O)N(C)C. The molecule has 0 fully saturated rings. The second-order valence-electron chi connectivity index (χ2n) is 3.05. The minimum absolute atomic E-state index is 0.0761. The van der Waals surface area contributed by atoms with Gasteiger partial charge in [-0.05, 0) is 6.92 Å². The predicted molar refractivity (Wildman–Crippen MR) is 53.8 cm³/mol. The molecular formula is C7H12ClN3O2S. The van der Waals surface area contributed by atoms with E-state index in [-0.39, 0.29) is 10.8 Å². The number of nitrogens with zero attached hydrogens (tertiary/aromatic N) is 2. The predicted octanol–water partition coefficient (Wildman–Crippen LogP) is 0.707. The van der Waals surface area contributed by atoms with Gasteiger partial charge in [0, 0.05) is 14.1 Å². The van der Waals surface area contributed by atoms with Crippen molar-refractivity contribution in [3.05, 3.63) is 11.4 Å². The lowest BCUT2D eigenvalue weighted by Crippen LogP contribution is -2.23. The van der Waals surface area contributed by atoms with E-state index in [1.807, 2.05) is 0 Å². The average Bonchev–Trinajstić information content (AvgIpc) is 2.46. The van der Waals surface area contributed by atoms with Crippen LogP contribution in [0.4, 0.5) is 0 Å². The van der Waals surface area contributed by atoms with Crippen LogP contribution < -0.4 is 0 Å². The van der Waals surface area contributed by atoms with Crippen LogP contribution >= 0.6 is 11.6 Å². The van der Waals surface area contributed by atoms with E-state index >= 15 is 0 Å². The number of nitrogens with one attached hydrogen (secondary N) is 1. The molecule has 0 bridgehead atoms. The zero-order valence-corrected chi connectivity index (χ0v) is 9.78. The van der Waals surface area contributed by atoms with Crippen LogP contribution in [0.2, 0.25) is 0 Å². The summed E-state index contributed by atoms with van der Waals surface area (Å²) >= 11 is 5.59. The highest BCUT2D eigenvalue weighted by Crippen LogP contribution is 2.21. The molecule has 0 aliphatic carbocycles. The highest BCUT2D eigenvalue weighted by Gasteiger charge is 2.25. The molecule has 1 aromatic heterocycles. The second kappa shape index (κ2) is 3.88. The van der Waals surface area contributed by atoms with Gasteiger partial charge < -0.3 is 0 Å². The summed E-state index contributed by atoms with van der Waals surface area (Å²) in [5.74, 6) is 0.0761. The van der Waals surface area contributed by atoms with E-state index in [0.717, 1.165) is 4.31 Å². The van der Waals surface area contributed by atoms with E-state index in [9.17, 15) is 8.42 Å². The van der Waals surface area contributed by atoms with Crippen molar-refractivity contribution < 1.29 is 8.42 Å². The van der Waals surface area contributed by atoms with Crippen molar-refractivity contribution >= 4 is 21.6 Å². The van der Waals surface area contributed by atoms with E-state index in [1.165, 1.54) is 14.1 Å². The first kappa shape index (κ1) is 11.5. The largest absolute Gasteiger partial charge is 0.281 e. The first-order valence-electron chi connectivity index (χ1n) is 3.93. The molecule has 1 N–H and O–H groups in total. The van der Waals surface area contributed by atoms with Gasteiger partial charge in [0.1, 0.15) is 4.90 Å². The molecule has 0 unspecified atom stereocenters. The van der Waals surface area contributed by atoms with E-state index in [0.29, 0.717) is 11.4 Å². The van der Waals surface area contributed by atoms with Gasteiger partial charge in [-0.2, -0.15) is 5.10 Å². The van der Waals surface area contributed by atoms with Crippen molar-refractivity contribution in [1.29, 1.82) is 0 Å². The monoisotopic (exact) mass is 237 g/mol. The maximum Gasteiger partial charge on any atom is 0.246 e. The fourth-order valence-corrected chi connectivity index (χ4v) is 2.57. The zero-order chi connectivity index (χ0) is 10.9. The van der Waals surface area contributed by atoms with Gasteiger partial charge in [-0.3, -0.25) is 5.10 Å². The molecule has 80 valence electrons. The van der Waals surface area contributed by atoms with Crippen molar-refractivity contribution in [2.24, 2.45) is 0 Å². The molecule has 0 saturated carbocycles. The number of aromatic amines is 1. The lowest BCUT2D eigenvalue weighted by atomic mass is 10.4. The third kappa shape index (κ3) is 1.77. The summed E-state index contributed by atoms with van der Waals surface area (Å²) in [6, 6.07) is 0. The third-order valence-electron chi connectivity index (χ3n) is 1.83. The Morgan fingerprint density at radius 3 is 2.50 bits per heavy atom. The van der Waals surface area contributed by atoms with Crippen LogP contribution in [-0.4, -0.2) is 37.0 Å². The van der Waals surface area contributed by atoms with Gasteiger partial charge in [0.25, 0.3) is 0 Å². The Hall–Kier alpha value is -0.590. The summed E-state index contributed by atoms with van der Waals surface area (Å²) in [7, 11) is -0.508. The Kier molecular flexibility index (Phi) is 3.18. The average molecular weight is 238 g/mol. The Labute approximate surface area is 88.1 Å². The van der Waals surface area contributed by atoms with E-state index < -0.39 is 10.0 Å². The number of aromatic nitrogens is 2. The molecule has 14 heavy (non-hydrogen) atoms. The lowest BCUT2D eigenvalue weighted by Gasteiger charge is -2.11. The first-order chi connectivity index (χ1) is 6.41. The Morgan fingerprint density at radius 1 is 1.50 bits per heavy atom. The molecule has 7 heteroatoms. The van der Waals surface area contributed by atoms with Crippen molar-refractivity contribution in [3.63, 3.8) is 0 Å². The number of H-pyrrole nitrogens is 1. The number of alkyl halides is 1. The molecule has 0 radical (unpaired) electrons. The minimum atomic E-state index is -3.45. The van der Waals surface area contributed by atoms with Crippen molar-refractivity contribution in [1.82, 2.24) is 14.5 Å². The second-order valence-corrected chi connectivity index (χ2v) is 5.40. The van der Waals surface area contributed by atoms with E-state index in [2.05, 4.69) is 10.2 Å². The molecule has 0 aliphatic rings. The molecule has 1 heterocycles. The molecule has 0 aliphatic heterocycles. The summed E-state index contributed by atoms with van der Waals surface area (Å²) in [6.45, 7) is 1.65. The summed E-state index contributed by atoms with van der Waals surface area (Å²) in [6.07, 6.45) is 0. The van der Waals surface area contributed by atoms with Crippen molar-refractivity contribution in [2.45, 2.75) is 17.7 Å². The normalized spacial score (nSPS) is 12.4. The van der Waals surface area contributed by atoms with Gasteiger partial charge in [0.05, 0.1) is 17.3 Å². The van der Waals surface area contributed by atoms with Crippen LogP contribution in [-0.2, 0) is 15.9 Å². The number of rotatable bonds is 3. The third-order valence-corrected chi connectivity index (χ3v) is 4.10. The Morgan fingerprint density at radius 2 is 2.07 bits per heavy atom. The van der Waals surface area contributed by atoms with Gasteiger partial charge in [-0.1, -0.05) is 0 Å². The first-order valence-corrected chi connectivity index (χ1v) is 5.91. The molecule has 0 spiro atoms. The van der Waals surface area contributed by atoms with Gasteiger partial charge >= 0.3 is 0 Å². The lowest BCUT2D eigenvalue weighted by molar-refractivity contribution is 0.519. The maximum absolute atomic E-state index is 11.8. The highest BCUT2D eigenvalue weighted by molar-refractivity contribution is 7.89. The molecular weight excluding hydrogens is 226 g/mol. The van der Waals surface area contributed by atoms with Gasteiger partial charge in [0.2, 0.25) is 10.0 Å². The number of halogens is 1. The standard InChI is InChI=1S/C7H12ClN3O2S/c1-5-7(6(4-8)10-9-5)14(12,13)11(2)3/h4H2,1-3H3,(H,9,10).